The highest BCUT2D eigenvalue weighted by Crippen LogP contribution is 2.52. The second-order valence-corrected chi connectivity index (χ2v) is 8.63. The van der Waals surface area contributed by atoms with E-state index in [1.54, 1.807) is 0 Å². The second kappa shape index (κ2) is 3.97. The van der Waals surface area contributed by atoms with E-state index >= 15 is 0 Å². The van der Waals surface area contributed by atoms with Crippen LogP contribution in [-0.2, 0) is 4.79 Å². The number of nitrogens with two attached hydrogens (primary N) is 1. The monoisotopic (exact) mass is 264 g/mol. The normalized spacial score (nSPS) is 38.9. The Morgan fingerprint density at radius 2 is 1.95 bits per heavy atom. The van der Waals surface area contributed by atoms with Crippen LogP contribution in [0.5, 0.6) is 0 Å². The standard InChI is InChI=1S/C16H28N2O/c1-14(2)7-12-8-15(3,10-14)11-18(12)13(19)9-16(17)5-4-6-16/h12H,4-11,17H2,1-3H3. The summed E-state index contributed by atoms with van der Waals surface area (Å²) in [6.45, 7) is 8.01. The van der Waals surface area contributed by atoms with Crippen molar-refractivity contribution in [3.05, 3.63) is 0 Å². The summed E-state index contributed by atoms with van der Waals surface area (Å²) < 4.78 is 0. The van der Waals surface area contributed by atoms with Gasteiger partial charge in [0.15, 0.2) is 0 Å². The predicted octanol–water partition coefficient (Wildman–Crippen LogP) is 2.69. The number of carbonyl (C=O) groups excluding carboxylic acids is 1. The zero-order valence-corrected chi connectivity index (χ0v) is 12.7. The Kier molecular flexibility index (Phi) is 2.80. The van der Waals surface area contributed by atoms with Gasteiger partial charge in [-0.1, -0.05) is 20.8 Å². The lowest BCUT2D eigenvalue weighted by molar-refractivity contribution is -0.134. The fourth-order valence-corrected chi connectivity index (χ4v) is 4.96. The molecule has 0 spiro atoms. The molecule has 2 unspecified atom stereocenters. The SMILES string of the molecule is CC1(C)CC2CC(C)(CN2C(=O)CC2(N)CCC2)C1. The molecular formula is C16H28N2O. The Bertz CT molecular complexity index is 400. The Hall–Kier alpha value is -0.570. The minimum absolute atomic E-state index is 0.176. The molecule has 0 radical (unpaired) electrons. The van der Waals surface area contributed by atoms with Crippen LogP contribution in [0.1, 0.15) is 65.7 Å². The fraction of sp³-hybridized carbons (Fsp3) is 0.938. The Morgan fingerprint density at radius 3 is 2.53 bits per heavy atom. The smallest absolute Gasteiger partial charge is 0.224 e. The maximum Gasteiger partial charge on any atom is 0.224 e. The highest BCUT2D eigenvalue weighted by atomic mass is 16.2. The van der Waals surface area contributed by atoms with Gasteiger partial charge in [-0.15, -0.1) is 0 Å². The number of fused-ring (bicyclic) bond motifs is 2. The highest BCUT2D eigenvalue weighted by Gasteiger charge is 2.51. The van der Waals surface area contributed by atoms with Crippen molar-refractivity contribution in [2.75, 3.05) is 6.54 Å². The number of carbonyl (C=O) groups is 1. The van der Waals surface area contributed by atoms with Crippen molar-refractivity contribution in [3.63, 3.8) is 0 Å². The summed E-state index contributed by atoms with van der Waals surface area (Å²) >= 11 is 0. The van der Waals surface area contributed by atoms with E-state index in [1.807, 2.05) is 0 Å². The maximum atomic E-state index is 12.6. The molecule has 3 rings (SSSR count). The molecule has 1 amide bonds. The minimum Gasteiger partial charge on any atom is -0.339 e. The van der Waals surface area contributed by atoms with E-state index in [0.717, 1.165) is 25.8 Å². The number of amides is 1. The van der Waals surface area contributed by atoms with Gasteiger partial charge < -0.3 is 10.6 Å². The first-order chi connectivity index (χ1) is 8.71. The predicted molar refractivity (Wildman–Crippen MR) is 76.6 cm³/mol. The molecule has 3 aliphatic rings. The van der Waals surface area contributed by atoms with Crippen LogP contribution < -0.4 is 5.73 Å². The van der Waals surface area contributed by atoms with Crippen molar-refractivity contribution in [2.24, 2.45) is 16.6 Å². The lowest BCUT2D eigenvalue weighted by Gasteiger charge is -2.40. The Morgan fingerprint density at radius 1 is 1.26 bits per heavy atom. The van der Waals surface area contributed by atoms with Gasteiger partial charge in [-0.2, -0.15) is 0 Å². The minimum atomic E-state index is -0.176. The largest absolute Gasteiger partial charge is 0.339 e. The number of likely N-dealkylation sites (tertiary alicyclic amines) is 1. The Balaban J connectivity index is 1.71. The summed E-state index contributed by atoms with van der Waals surface area (Å²) in [6, 6.07) is 0.463. The van der Waals surface area contributed by atoms with E-state index in [9.17, 15) is 4.79 Å². The summed E-state index contributed by atoms with van der Waals surface area (Å²) in [5, 5.41) is 0. The first-order valence-corrected chi connectivity index (χ1v) is 7.79. The van der Waals surface area contributed by atoms with E-state index in [4.69, 9.17) is 5.73 Å². The number of rotatable bonds is 2. The van der Waals surface area contributed by atoms with Crippen LogP contribution in [0.3, 0.4) is 0 Å². The highest BCUT2D eigenvalue weighted by molar-refractivity contribution is 5.78. The number of hydrogen-bond donors (Lipinski definition) is 1. The molecular weight excluding hydrogens is 236 g/mol. The fourth-order valence-electron chi connectivity index (χ4n) is 4.96. The van der Waals surface area contributed by atoms with Crippen LogP contribution in [-0.4, -0.2) is 28.9 Å². The number of nitrogens with zero attached hydrogens (tertiary/aromatic N) is 1. The van der Waals surface area contributed by atoms with Gasteiger partial charge in [0.05, 0.1) is 0 Å². The molecule has 3 heteroatoms. The molecule has 0 aromatic rings. The molecule has 2 bridgehead atoms. The molecule has 2 saturated carbocycles. The van der Waals surface area contributed by atoms with Gasteiger partial charge in [-0.25, -0.2) is 0 Å². The van der Waals surface area contributed by atoms with E-state index in [1.165, 1.54) is 19.3 Å². The number of hydrogen-bond acceptors (Lipinski definition) is 2. The van der Waals surface area contributed by atoms with Crippen molar-refractivity contribution >= 4 is 5.91 Å². The topological polar surface area (TPSA) is 46.3 Å². The van der Waals surface area contributed by atoms with Crippen LogP contribution in [0, 0.1) is 10.8 Å². The van der Waals surface area contributed by atoms with Gasteiger partial charge in [-0.05, 0) is 49.4 Å². The molecule has 1 heterocycles. The summed E-state index contributed by atoms with van der Waals surface area (Å²) in [7, 11) is 0. The lowest BCUT2D eigenvalue weighted by Crippen LogP contribution is -2.51. The third-order valence-corrected chi connectivity index (χ3v) is 5.59. The summed E-state index contributed by atoms with van der Waals surface area (Å²) in [4.78, 5) is 14.8. The van der Waals surface area contributed by atoms with Gasteiger partial charge in [0.2, 0.25) is 5.91 Å². The molecule has 1 aliphatic heterocycles. The van der Waals surface area contributed by atoms with Crippen molar-refractivity contribution in [1.82, 2.24) is 4.90 Å². The third kappa shape index (κ3) is 2.42. The average molecular weight is 264 g/mol. The second-order valence-electron chi connectivity index (χ2n) is 8.63. The van der Waals surface area contributed by atoms with E-state index in [2.05, 4.69) is 25.7 Å². The van der Waals surface area contributed by atoms with Crippen LogP contribution in [0.2, 0.25) is 0 Å². The van der Waals surface area contributed by atoms with Gasteiger partial charge in [0.1, 0.15) is 0 Å². The zero-order valence-electron chi connectivity index (χ0n) is 12.7. The van der Waals surface area contributed by atoms with Crippen molar-refractivity contribution in [3.8, 4) is 0 Å². The van der Waals surface area contributed by atoms with Crippen molar-refractivity contribution < 1.29 is 4.79 Å². The molecule has 2 N–H and O–H groups in total. The summed E-state index contributed by atoms with van der Waals surface area (Å²) in [6.07, 6.45) is 7.41. The first-order valence-electron chi connectivity index (χ1n) is 7.79. The third-order valence-electron chi connectivity index (χ3n) is 5.59. The van der Waals surface area contributed by atoms with Gasteiger partial charge >= 0.3 is 0 Å². The molecule has 0 aromatic carbocycles. The van der Waals surface area contributed by atoms with Gasteiger partial charge in [-0.3, -0.25) is 4.79 Å². The van der Waals surface area contributed by atoms with E-state index in [0.29, 0.717) is 29.2 Å². The van der Waals surface area contributed by atoms with E-state index in [-0.39, 0.29) is 5.54 Å². The molecule has 108 valence electrons. The van der Waals surface area contributed by atoms with Crippen molar-refractivity contribution in [1.29, 1.82) is 0 Å². The molecule has 3 nitrogen and oxygen atoms in total. The lowest BCUT2D eigenvalue weighted by atomic mass is 9.65. The molecule has 1 saturated heterocycles. The van der Waals surface area contributed by atoms with Crippen LogP contribution in [0.4, 0.5) is 0 Å². The molecule has 2 atom stereocenters. The molecule has 19 heavy (non-hydrogen) atoms. The van der Waals surface area contributed by atoms with E-state index < -0.39 is 0 Å². The quantitative estimate of drug-likeness (QED) is 0.833. The average Bonchev–Trinajstić information content (AvgIpc) is 2.45. The van der Waals surface area contributed by atoms with Crippen molar-refractivity contribution in [2.45, 2.75) is 77.3 Å². The molecule has 2 aliphatic carbocycles. The zero-order chi connectivity index (χ0) is 13.9. The first kappa shape index (κ1) is 13.4. The molecule has 0 aromatic heterocycles. The summed E-state index contributed by atoms with van der Waals surface area (Å²) in [5.74, 6) is 0.314. The summed E-state index contributed by atoms with van der Waals surface area (Å²) in [5.41, 5.74) is 6.79. The maximum absolute atomic E-state index is 12.6. The van der Waals surface area contributed by atoms with Crippen LogP contribution in [0.15, 0.2) is 0 Å². The van der Waals surface area contributed by atoms with Gasteiger partial charge in [0.25, 0.3) is 0 Å². The van der Waals surface area contributed by atoms with Crippen LogP contribution in [0.25, 0.3) is 0 Å². The Labute approximate surface area is 116 Å². The van der Waals surface area contributed by atoms with Crippen LogP contribution >= 0.6 is 0 Å². The molecule has 3 fully saturated rings. The van der Waals surface area contributed by atoms with Gasteiger partial charge in [0, 0.05) is 24.5 Å².